The van der Waals surface area contributed by atoms with E-state index in [4.69, 9.17) is 0 Å². The predicted octanol–water partition coefficient (Wildman–Crippen LogP) is 6.45. The summed E-state index contributed by atoms with van der Waals surface area (Å²) in [4.78, 5) is 25.8. The number of aromatic carboxylic acids is 1. The topological polar surface area (TPSA) is 57.6 Å². The highest BCUT2D eigenvalue weighted by Gasteiger charge is 2.14. The van der Waals surface area contributed by atoms with Crippen LogP contribution >= 0.6 is 0 Å². The Balaban J connectivity index is 0.00000176. The van der Waals surface area contributed by atoms with Gasteiger partial charge < -0.3 is 10.0 Å². The second kappa shape index (κ2) is 13.1. The molecule has 0 spiro atoms. The molecule has 0 saturated carbocycles. The van der Waals surface area contributed by atoms with E-state index >= 15 is 0 Å². The van der Waals surface area contributed by atoms with Crippen LogP contribution in [0.4, 0.5) is 0 Å². The minimum Gasteiger partial charge on any atom is -0.478 e. The highest BCUT2D eigenvalue weighted by atomic mass is 16.4. The van der Waals surface area contributed by atoms with E-state index in [0.717, 1.165) is 24.0 Å². The summed E-state index contributed by atoms with van der Waals surface area (Å²) in [5, 5.41) is 9.41. The number of carbonyl (C=O) groups is 2. The van der Waals surface area contributed by atoms with Crippen molar-refractivity contribution < 1.29 is 14.7 Å². The molecule has 0 aliphatic rings. The third-order valence-corrected chi connectivity index (χ3v) is 5.19. The Kier molecular flexibility index (Phi) is 10.2. The fraction of sp³-hybridized carbons (Fsp3) is 0.286. The number of hydrogen-bond acceptors (Lipinski definition) is 2. The zero-order chi connectivity index (χ0) is 23.3. The maximum atomic E-state index is 12.4. The SMILES string of the molecule is CC.CCC(=O)N(CCCc1ccccc1)Cc1ccc(-c2ccccc2C(=O)O)cc1. The van der Waals surface area contributed by atoms with E-state index in [2.05, 4.69) is 12.1 Å². The number of carboxylic acid groups (broad SMARTS) is 1. The third-order valence-electron chi connectivity index (χ3n) is 5.19. The lowest BCUT2D eigenvalue weighted by molar-refractivity contribution is -0.131. The normalized spacial score (nSPS) is 10.1. The molecule has 0 bridgehead atoms. The summed E-state index contributed by atoms with van der Waals surface area (Å²) in [5.41, 5.74) is 4.15. The van der Waals surface area contributed by atoms with Crippen molar-refractivity contribution in [2.75, 3.05) is 6.54 Å². The second-order valence-electron chi connectivity index (χ2n) is 7.31. The largest absolute Gasteiger partial charge is 0.478 e. The Bertz CT molecular complexity index is 981. The lowest BCUT2D eigenvalue weighted by Crippen LogP contribution is -2.31. The molecule has 3 aromatic carbocycles. The molecule has 3 aromatic rings. The van der Waals surface area contributed by atoms with Crippen LogP contribution in [0, 0.1) is 0 Å². The van der Waals surface area contributed by atoms with Crippen LogP contribution in [-0.4, -0.2) is 28.4 Å². The molecule has 0 aliphatic carbocycles. The van der Waals surface area contributed by atoms with Crippen LogP contribution in [0.1, 0.15) is 55.1 Å². The smallest absolute Gasteiger partial charge is 0.336 e. The summed E-state index contributed by atoms with van der Waals surface area (Å²) < 4.78 is 0. The van der Waals surface area contributed by atoms with Gasteiger partial charge in [0.2, 0.25) is 5.91 Å². The van der Waals surface area contributed by atoms with Crippen molar-refractivity contribution in [1.29, 1.82) is 0 Å². The zero-order valence-corrected chi connectivity index (χ0v) is 19.3. The molecule has 4 nitrogen and oxygen atoms in total. The molecule has 0 heterocycles. The second-order valence-corrected chi connectivity index (χ2v) is 7.31. The molecule has 1 N–H and O–H groups in total. The number of carbonyl (C=O) groups excluding carboxylic acids is 1. The molecule has 168 valence electrons. The van der Waals surface area contributed by atoms with Crippen LogP contribution in [0.3, 0.4) is 0 Å². The van der Waals surface area contributed by atoms with Crippen molar-refractivity contribution in [3.63, 3.8) is 0 Å². The molecule has 4 heteroatoms. The molecule has 32 heavy (non-hydrogen) atoms. The number of amides is 1. The van der Waals surface area contributed by atoms with Gasteiger partial charge in [0.05, 0.1) is 5.56 Å². The molecule has 0 aliphatic heterocycles. The minimum atomic E-state index is -0.937. The molecule has 1 amide bonds. The predicted molar refractivity (Wildman–Crippen MR) is 131 cm³/mol. The maximum Gasteiger partial charge on any atom is 0.336 e. The number of nitrogens with zero attached hydrogens (tertiary/aromatic N) is 1. The number of hydrogen-bond donors (Lipinski definition) is 1. The van der Waals surface area contributed by atoms with Crippen LogP contribution in [0.2, 0.25) is 0 Å². The number of aryl methyl sites for hydroxylation is 1. The van der Waals surface area contributed by atoms with Gasteiger partial charge in [-0.15, -0.1) is 0 Å². The van der Waals surface area contributed by atoms with Crippen molar-refractivity contribution >= 4 is 11.9 Å². The average molecular weight is 432 g/mol. The van der Waals surface area contributed by atoms with Gasteiger partial charge in [-0.2, -0.15) is 0 Å². The van der Waals surface area contributed by atoms with Crippen LogP contribution in [0.15, 0.2) is 78.9 Å². The summed E-state index contributed by atoms with van der Waals surface area (Å²) in [5.74, 6) is -0.795. The first-order valence-electron chi connectivity index (χ1n) is 11.3. The molecule has 0 radical (unpaired) electrons. The van der Waals surface area contributed by atoms with Crippen LogP contribution in [0.25, 0.3) is 11.1 Å². The Morgan fingerprint density at radius 1 is 0.812 bits per heavy atom. The summed E-state index contributed by atoms with van der Waals surface area (Å²) >= 11 is 0. The molecule has 0 fully saturated rings. The number of carboxylic acids is 1. The van der Waals surface area contributed by atoms with E-state index in [9.17, 15) is 14.7 Å². The Labute approximate surface area is 191 Å². The first-order valence-corrected chi connectivity index (χ1v) is 11.3. The summed E-state index contributed by atoms with van der Waals surface area (Å²) in [6.45, 7) is 7.16. The maximum absolute atomic E-state index is 12.4. The Morgan fingerprint density at radius 3 is 2.06 bits per heavy atom. The van der Waals surface area contributed by atoms with Crippen molar-refractivity contribution in [1.82, 2.24) is 4.90 Å². The van der Waals surface area contributed by atoms with Crippen LogP contribution in [-0.2, 0) is 17.8 Å². The van der Waals surface area contributed by atoms with Gasteiger partial charge in [-0.3, -0.25) is 4.79 Å². The fourth-order valence-corrected chi connectivity index (χ4v) is 3.57. The van der Waals surface area contributed by atoms with E-state index in [1.807, 2.05) is 80.3 Å². The van der Waals surface area contributed by atoms with E-state index in [-0.39, 0.29) is 11.5 Å². The van der Waals surface area contributed by atoms with Crippen LogP contribution in [0.5, 0.6) is 0 Å². The lowest BCUT2D eigenvalue weighted by atomic mass is 9.98. The van der Waals surface area contributed by atoms with Gasteiger partial charge in [-0.1, -0.05) is 93.6 Å². The van der Waals surface area contributed by atoms with Gasteiger partial charge in [0, 0.05) is 19.5 Å². The quantitative estimate of drug-likeness (QED) is 0.423. The van der Waals surface area contributed by atoms with Gasteiger partial charge >= 0.3 is 5.97 Å². The first-order chi connectivity index (χ1) is 15.6. The number of benzene rings is 3. The van der Waals surface area contributed by atoms with Gasteiger partial charge in [0.25, 0.3) is 0 Å². The number of rotatable bonds is 9. The zero-order valence-electron chi connectivity index (χ0n) is 19.3. The molecule has 0 atom stereocenters. The summed E-state index contributed by atoms with van der Waals surface area (Å²) in [7, 11) is 0. The standard InChI is InChI=1S/C26H27NO3.C2H6/c1-2-25(28)27(18-8-11-20-9-4-3-5-10-20)19-21-14-16-22(17-15-21)23-12-6-7-13-24(23)26(29)30;1-2/h3-7,9-10,12-17H,2,8,11,18-19H2,1H3,(H,29,30);1-2H3. The van der Waals surface area contributed by atoms with E-state index in [0.29, 0.717) is 25.1 Å². The average Bonchev–Trinajstić information content (AvgIpc) is 2.85. The van der Waals surface area contributed by atoms with E-state index in [1.165, 1.54) is 5.56 Å². The fourth-order valence-electron chi connectivity index (χ4n) is 3.57. The molecular weight excluding hydrogens is 398 g/mol. The molecule has 0 saturated heterocycles. The summed E-state index contributed by atoms with van der Waals surface area (Å²) in [6.07, 6.45) is 2.34. The third kappa shape index (κ3) is 7.09. The van der Waals surface area contributed by atoms with Gasteiger partial charge in [0.1, 0.15) is 0 Å². The highest BCUT2D eigenvalue weighted by Crippen LogP contribution is 2.24. The molecular formula is C28H33NO3. The Morgan fingerprint density at radius 2 is 1.44 bits per heavy atom. The van der Waals surface area contributed by atoms with Crippen molar-refractivity contribution in [2.45, 2.75) is 46.6 Å². The van der Waals surface area contributed by atoms with E-state index < -0.39 is 5.97 Å². The monoisotopic (exact) mass is 431 g/mol. The first kappa shape index (κ1) is 24.9. The lowest BCUT2D eigenvalue weighted by Gasteiger charge is -2.22. The van der Waals surface area contributed by atoms with Crippen molar-refractivity contribution in [2.24, 2.45) is 0 Å². The van der Waals surface area contributed by atoms with E-state index in [1.54, 1.807) is 12.1 Å². The van der Waals surface area contributed by atoms with Gasteiger partial charge in [0.15, 0.2) is 0 Å². The van der Waals surface area contributed by atoms with Crippen molar-refractivity contribution in [3.05, 3.63) is 95.6 Å². The highest BCUT2D eigenvalue weighted by molar-refractivity contribution is 5.96. The van der Waals surface area contributed by atoms with Crippen LogP contribution < -0.4 is 0 Å². The van der Waals surface area contributed by atoms with Gasteiger partial charge in [-0.25, -0.2) is 4.79 Å². The van der Waals surface area contributed by atoms with Gasteiger partial charge in [-0.05, 0) is 41.2 Å². The minimum absolute atomic E-state index is 0.142. The van der Waals surface area contributed by atoms with Crippen molar-refractivity contribution in [3.8, 4) is 11.1 Å². The molecule has 3 rings (SSSR count). The summed E-state index contributed by atoms with van der Waals surface area (Å²) in [6, 6.07) is 25.1. The molecule has 0 aromatic heterocycles. The molecule has 0 unspecified atom stereocenters. The Hall–Kier alpha value is -3.40.